The Bertz CT molecular complexity index is 611. The van der Waals surface area contributed by atoms with Gasteiger partial charge in [0.15, 0.2) is 0 Å². The van der Waals surface area contributed by atoms with E-state index in [0.29, 0.717) is 19.6 Å². The third kappa shape index (κ3) is 2.97. The van der Waals surface area contributed by atoms with E-state index in [9.17, 15) is 9.59 Å². The second kappa shape index (κ2) is 5.96. The van der Waals surface area contributed by atoms with Gasteiger partial charge in [-0.25, -0.2) is 0 Å². The van der Waals surface area contributed by atoms with Crippen molar-refractivity contribution in [3.05, 3.63) is 12.4 Å². The molecule has 0 radical (unpaired) electrons. The van der Waals surface area contributed by atoms with E-state index in [1.54, 1.807) is 10.9 Å². The summed E-state index contributed by atoms with van der Waals surface area (Å²) in [5.41, 5.74) is 0.446. The second-order valence-electron chi connectivity index (χ2n) is 7.02. The molecular formula is C16H25N5O2. The first kappa shape index (κ1) is 16.0. The van der Waals surface area contributed by atoms with E-state index < -0.39 is 5.41 Å². The van der Waals surface area contributed by atoms with Crippen LogP contribution >= 0.6 is 0 Å². The van der Waals surface area contributed by atoms with Crippen molar-refractivity contribution in [1.29, 1.82) is 0 Å². The molecule has 126 valence electrons. The number of hydrogen-bond acceptors (Lipinski definition) is 4. The highest BCUT2D eigenvalue weighted by Gasteiger charge is 2.50. The van der Waals surface area contributed by atoms with Crippen LogP contribution in [-0.2, 0) is 16.6 Å². The number of likely N-dealkylation sites (N-methyl/N-ethyl adjacent to an activating group) is 1. The molecule has 1 atom stereocenters. The Kier molecular flexibility index (Phi) is 4.14. The van der Waals surface area contributed by atoms with E-state index in [1.165, 1.54) is 0 Å². The van der Waals surface area contributed by atoms with E-state index in [0.717, 1.165) is 31.5 Å². The third-order valence-corrected chi connectivity index (χ3v) is 4.90. The molecule has 0 aliphatic carbocycles. The number of carbonyl (C=O) groups is 2. The minimum absolute atomic E-state index is 0.113. The topological polar surface area (TPSA) is 61.7 Å². The molecule has 7 heteroatoms. The van der Waals surface area contributed by atoms with Crippen molar-refractivity contribution < 1.29 is 9.59 Å². The number of anilines is 1. The maximum absolute atomic E-state index is 13.0. The second-order valence-corrected chi connectivity index (χ2v) is 7.02. The van der Waals surface area contributed by atoms with Crippen LogP contribution in [0.4, 0.5) is 5.69 Å². The lowest BCUT2D eigenvalue weighted by molar-refractivity contribution is -0.139. The number of hydrogen-bond donors (Lipinski definition) is 0. The number of likely N-dealkylation sites (tertiary alicyclic amines) is 1. The molecule has 0 N–H and O–H groups in total. The van der Waals surface area contributed by atoms with Crippen LogP contribution in [0.5, 0.6) is 0 Å². The molecule has 1 unspecified atom stereocenters. The van der Waals surface area contributed by atoms with Crippen molar-refractivity contribution in [2.45, 2.75) is 19.3 Å². The van der Waals surface area contributed by atoms with Crippen molar-refractivity contribution in [3.8, 4) is 0 Å². The molecule has 1 spiro atoms. The normalized spacial score (nSPS) is 25.0. The third-order valence-electron chi connectivity index (χ3n) is 4.90. The number of piperidine rings is 1. The zero-order valence-electron chi connectivity index (χ0n) is 14.2. The molecule has 23 heavy (non-hydrogen) atoms. The Hall–Kier alpha value is -1.89. The summed E-state index contributed by atoms with van der Waals surface area (Å²) in [6.07, 6.45) is 6.18. The fraction of sp³-hybridized carbons (Fsp3) is 0.688. The molecule has 1 aromatic rings. The predicted octanol–water partition coefficient (Wildman–Crippen LogP) is 0.327. The fourth-order valence-corrected chi connectivity index (χ4v) is 3.71. The molecule has 2 fully saturated rings. The van der Waals surface area contributed by atoms with Gasteiger partial charge in [-0.2, -0.15) is 5.10 Å². The van der Waals surface area contributed by atoms with Gasteiger partial charge < -0.3 is 14.7 Å². The standard InChI is InChI=1S/C16H25N5O2/c1-18(2)11-14(22)20-7-4-5-16(12-20)6-8-21(15(16)23)13-9-17-19(3)10-13/h9-10H,4-8,11-12H2,1-3H3. The molecule has 0 saturated carbocycles. The van der Waals surface area contributed by atoms with Gasteiger partial charge in [0.25, 0.3) is 0 Å². The van der Waals surface area contributed by atoms with Crippen molar-refractivity contribution in [2.75, 3.05) is 45.2 Å². The van der Waals surface area contributed by atoms with Gasteiger partial charge >= 0.3 is 0 Å². The van der Waals surface area contributed by atoms with Crippen LogP contribution in [0.25, 0.3) is 0 Å². The number of rotatable bonds is 3. The maximum Gasteiger partial charge on any atom is 0.236 e. The van der Waals surface area contributed by atoms with E-state index in [-0.39, 0.29) is 11.8 Å². The summed E-state index contributed by atoms with van der Waals surface area (Å²) in [5.74, 6) is 0.259. The maximum atomic E-state index is 13.0. The summed E-state index contributed by atoms with van der Waals surface area (Å²) in [5, 5.41) is 4.16. The molecular weight excluding hydrogens is 294 g/mol. The van der Waals surface area contributed by atoms with Crippen LogP contribution in [0.1, 0.15) is 19.3 Å². The van der Waals surface area contributed by atoms with Gasteiger partial charge in [-0.1, -0.05) is 0 Å². The van der Waals surface area contributed by atoms with Crippen molar-refractivity contribution in [3.63, 3.8) is 0 Å². The Balaban J connectivity index is 1.74. The molecule has 0 aromatic carbocycles. The summed E-state index contributed by atoms with van der Waals surface area (Å²) >= 11 is 0. The van der Waals surface area contributed by atoms with E-state index >= 15 is 0 Å². The molecule has 2 aliphatic heterocycles. The largest absolute Gasteiger partial charge is 0.341 e. The summed E-state index contributed by atoms with van der Waals surface area (Å²) in [6.45, 7) is 2.42. The Labute approximate surface area is 136 Å². The molecule has 2 saturated heterocycles. The van der Waals surface area contributed by atoms with Crippen molar-refractivity contribution >= 4 is 17.5 Å². The summed E-state index contributed by atoms with van der Waals surface area (Å²) in [4.78, 5) is 31.0. The van der Waals surface area contributed by atoms with Gasteiger partial charge in [-0.3, -0.25) is 14.3 Å². The van der Waals surface area contributed by atoms with Crippen LogP contribution in [0, 0.1) is 5.41 Å². The molecule has 1 aromatic heterocycles. The van der Waals surface area contributed by atoms with Crippen LogP contribution in [0.3, 0.4) is 0 Å². The van der Waals surface area contributed by atoms with Gasteiger partial charge in [0.2, 0.25) is 11.8 Å². The fourth-order valence-electron chi connectivity index (χ4n) is 3.71. The highest BCUT2D eigenvalue weighted by atomic mass is 16.2. The van der Waals surface area contributed by atoms with Gasteiger partial charge in [0.1, 0.15) is 0 Å². The molecule has 3 heterocycles. The number of aryl methyl sites for hydroxylation is 1. The first-order chi connectivity index (χ1) is 10.9. The number of amides is 2. The minimum Gasteiger partial charge on any atom is -0.341 e. The SMILES string of the molecule is CN(C)CC(=O)N1CCCC2(CCN(c3cnn(C)c3)C2=O)C1. The number of carbonyl (C=O) groups excluding carboxylic acids is 2. The lowest BCUT2D eigenvalue weighted by atomic mass is 9.78. The lowest BCUT2D eigenvalue weighted by Crippen LogP contribution is -2.51. The van der Waals surface area contributed by atoms with Crippen molar-refractivity contribution in [2.24, 2.45) is 12.5 Å². The van der Waals surface area contributed by atoms with Gasteiger partial charge in [-0.15, -0.1) is 0 Å². The average Bonchev–Trinajstić information content (AvgIpc) is 3.04. The smallest absolute Gasteiger partial charge is 0.236 e. The number of aromatic nitrogens is 2. The van der Waals surface area contributed by atoms with E-state index in [4.69, 9.17) is 0 Å². The van der Waals surface area contributed by atoms with Crippen molar-refractivity contribution in [1.82, 2.24) is 19.6 Å². The van der Waals surface area contributed by atoms with E-state index in [2.05, 4.69) is 5.10 Å². The predicted molar refractivity (Wildman–Crippen MR) is 87.0 cm³/mol. The van der Waals surface area contributed by atoms with Crippen LogP contribution < -0.4 is 4.90 Å². The summed E-state index contributed by atoms with van der Waals surface area (Å²) in [7, 11) is 5.63. The van der Waals surface area contributed by atoms with Gasteiger partial charge in [0, 0.05) is 32.9 Å². The molecule has 2 aliphatic rings. The zero-order valence-corrected chi connectivity index (χ0v) is 14.2. The zero-order chi connectivity index (χ0) is 16.6. The summed E-state index contributed by atoms with van der Waals surface area (Å²) < 4.78 is 1.71. The molecule has 2 amide bonds. The van der Waals surface area contributed by atoms with E-state index in [1.807, 2.05) is 42.0 Å². The highest BCUT2D eigenvalue weighted by Crippen LogP contribution is 2.41. The minimum atomic E-state index is -0.407. The summed E-state index contributed by atoms with van der Waals surface area (Å²) in [6, 6.07) is 0. The van der Waals surface area contributed by atoms with Crippen LogP contribution in [0.2, 0.25) is 0 Å². The Morgan fingerprint density at radius 2 is 2.13 bits per heavy atom. The monoisotopic (exact) mass is 319 g/mol. The molecule has 7 nitrogen and oxygen atoms in total. The van der Waals surface area contributed by atoms with Gasteiger partial charge in [-0.05, 0) is 33.4 Å². The van der Waals surface area contributed by atoms with Gasteiger partial charge in [0.05, 0.1) is 23.8 Å². The number of nitrogens with zero attached hydrogens (tertiary/aromatic N) is 5. The van der Waals surface area contributed by atoms with Crippen LogP contribution in [-0.4, -0.2) is 71.7 Å². The average molecular weight is 319 g/mol. The first-order valence-corrected chi connectivity index (χ1v) is 8.14. The first-order valence-electron chi connectivity index (χ1n) is 8.14. The molecule has 0 bridgehead atoms. The Morgan fingerprint density at radius 3 is 2.78 bits per heavy atom. The lowest BCUT2D eigenvalue weighted by Gasteiger charge is -2.39. The Morgan fingerprint density at radius 1 is 1.35 bits per heavy atom. The highest BCUT2D eigenvalue weighted by molar-refractivity contribution is 6.00. The van der Waals surface area contributed by atoms with Crippen LogP contribution in [0.15, 0.2) is 12.4 Å². The quantitative estimate of drug-likeness (QED) is 0.805. The molecule has 3 rings (SSSR count).